The summed E-state index contributed by atoms with van der Waals surface area (Å²) in [4.78, 5) is 14.6. The van der Waals surface area contributed by atoms with Crippen LogP contribution in [0.15, 0.2) is 0 Å². The van der Waals surface area contributed by atoms with Crippen LogP contribution < -0.4 is 5.73 Å². The van der Waals surface area contributed by atoms with Gasteiger partial charge >= 0.3 is 6.09 Å². The molecular formula is C16H30N2O2. The molecule has 2 unspecified atom stereocenters. The van der Waals surface area contributed by atoms with Crippen molar-refractivity contribution < 1.29 is 9.53 Å². The Labute approximate surface area is 123 Å². The van der Waals surface area contributed by atoms with Gasteiger partial charge in [-0.15, -0.1) is 0 Å². The van der Waals surface area contributed by atoms with E-state index in [1.807, 2.05) is 25.7 Å². The predicted octanol–water partition coefficient (Wildman–Crippen LogP) is 2.86. The van der Waals surface area contributed by atoms with Crippen LogP contribution in [-0.4, -0.2) is 35.2 Å². The SMILES string of the molecule is CCC1[C@H]2[C@@H](C)[C@H]2C(C)[C@H](CN)N1C(=O)OC(C)(C)C. The van der Waals surface area contributed by atoms with Crippen molar-refractivity contribution in [3.05, 3.63) is 0 Å². The second kappa shape index (κ2) is 5.21. The quantitative estimate of drug-likeness (QED) is 0.847. The standard InChI is InChI=1S/C16H30N2O2/c1-7-11-14-10(3)13(14)9(2)12(8-17)18(11)15(19)20-16(4,5)6/h9-14H,7-8,17H2,1-6H3/t9?,10-,11?,12-,13+,14+/m0/s1. The summed E-state index contributed by atoms with van der Waals surface area (Å²) in [7, 11) is 0. The molecule has 2 N–H and O–H groups in total. The van der Waals surface area contributed by atoms with Gasteiger partial charge in [0.2, 0.25) is 0 Å². The fourth-order valence-electron chi connectivity index (χ4n) is 4.29. The zero-order chi connectivity index (χ0) is 15.2. The largest absolute Gasteiger partial charge is 0.444 e. The number of rotatable bonds is 2. The first-order chi connectivity index (χ1) is 9.22. The third-order valence-electron chi connectivity index (χ3n) is 5.15. The smallest absolute Gasteiger partial charge is 0.410 e. The molecule has 1 aliphatic heterocycles. The summed E-state index contributed by atoms with van der Waals surface area (Å²) in [5.41, 5.74) is 5.52. The molecular weight excluding hydrogens is 252 g/mol. The number of ether oxygens (including phenoxy) is 1. The van der Waals surface area contributed by atoms with Gasteiger partial charge in [0.25, 0.3) is 0 Å². The second-order valence-corrected chi connectivity index (χ2v) is 7.54. The molecule has 1 aliphatic carbocycles. The molecule has 1 heterocycles. The molecule has 1 saturated carbocycles. The first-order valence-corrected chi connectivity index (χ1v) is 7.94. The van der Waals surface area contributed by atoms with Gasteiger partial charge in [0.15, 0.2) is 0 Å². The lowest BCUT2D eigenvalue weighted by Gasteiger charge is -2.44. The van der Waals surface area contributed by atoms with Gasteiger partial charge in [0.05, 0.1) is 6.04 Å². The van der Waals surface area contributed by atoms with Crippen molar-refractivity contribution in [3.8, 4) is 0 Å². The summed E-state index contributed by atoms with van der Waals surface area (Å²) >= 11 is 0. The van der Waals surface area contributed by atoms with Gasteiger partial charge in [-0.25, -0.2) is 4.79 Å². The van der Waals surface area contributed by atoms with Crippen molar-refractivity contribution >= 4 is 6.09 Å². The minimum absolute atomic E-state index is 0.112. The Hall–Kier alpha value is -0.770. The highest BCUT2D eigenvalue weighted by Crippen LogP contribution is 2.59. The molecule has 0 bridgehead atoms. The molecule has 6 atom stereocenters. The van der Waals surface area contributed by atoms with Crippen LogP contribution in [0.4, 0.5) is 4.79 Å². The number of fused-ring (bicyclic) bond motifs is 1. The molecule has 1 saturated heterocycles. The van der Waals surface area contributed by atoms with E-state index in [1.165, 1.54) is 0 Å². The molecule has 0 aromatic rings. The third-order valence-corrected chi connectivity index (χ3v) is 5.15. The lowest BCUT2D eigenvalue weighted by Crippen LogP contribution is -2.58. The Bertz CT molecular complexity index is 363. The lowest BCUT2D eigenvalue weighted by molar-refractivity contribution is -0.0181. The van der Waals surface area contributed by atoms with Crippen LogP contribution in [0.2, 0.25) is 0 Å². The number of nitrogens with two attached hydrogens (primary N) is 1. The first kappa shape index (κ1) is 15.6. The highest BCUT2D eigenvalue weighted by atomic mass is 16.6. The van der Waals surface area contributed by atoms with E-state index in [-0.39, 0.29) is 18.2 Å². The van der Waals surface area contributed by atoms with Crippen LogP contribution in [-0.2, 0) is 4.74 Å². The van der Waals surface area contributed by atoms with Gasteiger partial charge in [-0.1, -0.05) is 20.8 Å². The third kappa shape index (κ3) is 2.54. The molecule has 0 radical (unpaired) electrons. The van der Waals surface area contributed by atoms with E-state index in [2.05, 4.69) is 20.8 Å². The van der Waals surface area contributed by atoms with E-state index in [4.69, 9.17) is 10.5 Å². The minimum atomic E-state index is -0.455. The van der Waals surface area contributed by atoms with Crippen LogP contribution in [0.3, 0.4) is 0 Å². The maximum Gasteiger partial charge on any atom is 0.410 e. The van der Waals surface area contributed by atoms with Crippen LogP contribution in [0.25, 0.3) is 0 Å². The fourth-order valence-corrected chi connectivity index (χ4v) is 4.29. The average molecular weight is 282 g/mol. The van der Waals surface area contributed by atoms with Crippen molar-refractivity contribution in [1.29, 1.82) is 0 Å². The number of hydrogen-bond donors (Lipinski definition) is 1. The summed E-state index contributed by atoms with van der Waals surface area (Å²) in [5.74, 6) is 2.53. The highest BCUT2D eigenvalue weighted by molar-refractivity contribution is 5.69. The molecule has 2 rings (SSSR count). The van der Waals surface area contributed by atoms with Gasteiger partial charge in [-0.3, -0.25) is 0 Å². The lowest BCUT2D eigenvalue weighted by atomic mass is 9.86. The summed E-state index contributed by atoms with van der Waals surface area (Å²) in [6.45, 7) is 13.0. The summed E-state index contributed by atoms with van der Waals surface area (Å²) in [6, 6.07) is 0.399. The minimum Gasteiger partial charge on any atom is -0.444 e. The molecule has 4 nitrogen and oxygen atoms in total. The Morgan fingerprint density at radius 1 is 1.15 bits per heavy atom. The summed E-state index contributed by atoms with van der Waals surface area (Å²) in [5, 5.41) is 0. The Kier molecular flexibility index (Phi) is 4.07. The number of carbonyl (C=O) groups is 1. The van der Waals surface area contributed by atoms with Crippen LogP contribution in [0.1, 0.15) is 48.0 Å². The average Bonchev–Trinajstić information content (AvgIpc) is 2.99. The fraction of sp³-hybridized carbons (Fsp3) is 0.938. The van der Waals surface area contributed by atoms with E-state index in [9.17, 15) is 4.79 Å². The molecule has 20 heavy (non-hydrogen) atoms. The van der Waals surface area contributed by atoms with E-state index in [0.717, 1.165) is 12.3 Å². The molecule has 4 heteroatoms. The second-order valence-electron chi connectivity index (χ2n) is 7.54. The van der Waals surface area contributed by atoms with Gasteiger partial charge in [0, 0.05) is 12.6 Å². The molecule has 0 aromatic carbocycles. The van der Waals surface area contributed by atoms with Gasteiger partial charge < -0.3 is 15.4 Å². The number of amides is 1. The molecule has 1 amide bonds. The zero-order valence-electron chi connectivity index (χ0n) is 13.7. The number of hydrogen-bond acceptors (Lipinski definition) is 3. The maximum atomic E-state index is 12.6. The number of nitrogens with zero attached hydrogens (tertiary/aromatic N) is 1. The normalized spacial score (nSPS) is 40.2. The maximum absolute atomic E-state index is 12.6. The Morgan fingerprint density at radius 3 is 2.20 bits per heavy atom. The molecule has 2 fully saturated rings. The Balaban J connectivity index is 2.24. The van der Waals surface area contributed by atoms with Crippen molar-refractivity contribution in [2.24, 2.45) is 29.4 Å². The van der Waals surface area contributed by atoms with E-state index < -0.39 is 5.60 Å². The zero-order valence-corrected chi connectivity index (χ0v) is 13.7. The molecule has 0 spiro atoms. The van der Waals surface area contributed by atoms with Gasteiger partial charge in [-0.05, 0) is 50.9 Å². The van der Waals surface area contributed by atoms with Gasteiger partial charge in [0.1, 0.15) is 5.60 Å². The number of piperidine rings is 1. The van der Waals surface area contributed by atoms with E-state index >= 15 is 0 Å². The van der Waals surface area contributed by atoms with E-state index in [0.29, 0.717) is 24.3 Å². The summed E-state index contributed by atoms with van der Waals surface area (Å²) in [6.07, 6.45) is 0.790. The highest BCUT2D eigenvalue weighted by Gasteiger charge is 2.61. The van der Waals surface area contributed by atoms with E-state index in [1.54, 1.807) is 0 Å². The Morgan fingerprint density at radius 2 is 1.75 bits per heavy atom. The molecule has 116 valence electrons. The van der Waals surface area contributed by atoms with Crippen molar-refractivity contribution in [2.75, 3.05) is 6.54 Å². The van der Waals surface area contributed by atoms with Crippen LogP contribution in [0.5, 0.6) is 0 Å². The number of likely N-dealkylation sites (tertiary alicyclic amines) is 1. The first-order valence-electron chi connectivity index (χ1n) is 7.94. The van der Waals surface area contributed by atoms with Crippen molar-refractivity contribution in [1.82, 2.24) is 4.90 Å². The topological polar surface area (TPSA) is 55.6 Å². The van der Waals surface area contributed by atoms with Crippen LogP contribution >= 0.6 is 0 Å². The van der Waals surface area contributed by atoms with Crippen molar-refractivity contribution in [3.63, 3.8) is 0 Å². The van der Waals surface area contributed by atoms with Crippen LogP contribution in [0, 0.1) is 23.7 Å². The summed E-state index contributed by atoms with van der Waals surface area (Å²) < 4.78 is 5.62. The monoisotopic (exact) mass is 282 g/mol. The molecule has 2 aliphatic rings. The number of carbonyl (C=O) groups excluding carboxylic acids is 1. The molecule has 0 aromatic heterocycles. The van der Waals surface area contributed by atoms with Gasteiger partial charge in [-0.2, -0.15) is 0 Å². The van der Waals surface area contributed by atoms with Crippen molar-refractivity contribution in [2.45, 2.75) is 65.6 Å². The predicted molar refractivity (Wildman–Crippen MR) is 80.3 cm³/mol.